The molecule has 118 valence electrons. The van der Waals surface area contributed by atoms with Crippen molar-refractivity contribution in [3.63, 3.8) is 0 Å². The number of hydrogen-bond donors (Lipinski definition) is 1. The van der Waals surface area contributed by atoms with E-state index in [1.807, 2.05) is 0 Å². The third kappa shape index (κ3) is 2.53. The molecule has 6 heteroatoms. The van der Waals surface area contributed by atoms with Gasteiger partial charge in [0.05, 0.1) is 5.56 Å². The number of ketones is 1. The van der Waals surface area contributed by atoms with E-state index in [1.54, 1.807) is 6.07 Å². The van der Waals surface area contributed by atoms with E-state index in [0.717, 1.165) is 12.8 Å². The maximum atomic E-state index is 14.2. The van der Waals surface area contributed by atoms with E-state index in [4.69, 9.17) is 4.74 Å². The topological polar surface area (TPSA) is 66.8 Å². The zero-order chi connectivity index (χ0) is 15.9. The number of ether oxygens (including phenoxy) is 1. The summed E-state index contributed by atoms with van der Waals surface area (Å²) in [4.78, 5) is 24.1. The second kappa shape index (κ2) is 5.59. The molecule has 2 heterocycles. The summed E-state index contributed by atoms with van der Waals surface area (Å²) < 4.78 is 20.0. The third-order valence-electron chi connectivity index (χ3n) is 4.55. The highest BCUT2D eigenvalue weighted by Crippen LogP contribution is 2.37. The molecular weight excluding hydrogens is 289 g/mol. The molecule has 2 unspecified atom stereocenters. The van der Waals surface area contributed by atoms with Crippen molar-refractivity contribution < 1.29 is 23.8 Å². The summed E-state index contributed by atoms with van der Waals surface area (Å²) in [5.41, 5.74) is 0.0171. The lowest BCUT2D eigenvalue weighted by atomic mass is 10.00. The van der Waals surface area contributed by atoms with Crippen LogP contribution in [0.3, 0.4) is 0 Å². The highest BCUT2D eigenvalue weighted by Gasteiger charge is 2.44. The molecule has 2 saturated heterocycles. The van der Waals surface area contributed by atoms with Crippen LogP contribution < -0.4 is 4.74 Å². The number of amides is 1. The van der Waals surface area contributed by atoms with Gasteiger partial charge in [-0.05, 0) is 31.9 Å². The van der Waals surface area contributed by atoms with Crippen LogP contribution in [0.2, 0.25) is 0 Å². The first-order valence-corrected chi connectivity index (χ1v) is 7.44. The highest BCUT2D eigenvalue weighted by molar-refractivity contribution is 5.94. The Hall–Kier alpha value is -2.11. The molecule has 0 saturated carbocycles. The van der Waals surface area contributed by atoms with Gasteiger partial charge in [0.15, 0.2) is 17.3 Å². The van der Waals surface area contributed by atoms with Crippen molar-refractivity contribution >= 4 is 11.9 Å². The van der Waals surface area contributed by atoms with Crippen molar-refractivity contribution in [2.24, 2.45) is 0 Å². The summed E-state index contributed by atoms with van der Waals surface area (Å²) >= 11 is 0. The fraction of sp³-hybridized carbons (Fsp3) is 0.500. The largest absolute Gasteiger partial charge is 0.487 e. The first kappa shape index (κ1) is 14.8. The summed E-state index contributed by atoms with van der Waals surface area (Å²) in [5, 5.41) is 9.22. The van der Waals surface area contributed by atoms with E-state index in [2.05, 4.69) is 0 Å². The number of carbonyl (C=O) groups excluding carboxylic acids is 1. The average molecular weight is 307 g/mol. The summed E-state index contributed by atoms with van der Waals surface area (Å²) in [5.74, 6) is -0.910. The van der Waals surface area contributed by atoms with Gasteiger partial charge < -0.3 is 14.7 Å². The SMILES string of the molecule is CC(=O)c1cccc(OC2CC3CCC(C2)N3C(=O)O)c1F. The number of halogens is 1. The Balaban J connectivity index is 1.75. The molecule has 0 aromatic heterocycles. The Kier molecular flexibility index (Phi) is 3.76. The van der Waals surface area contributed by atoms with Gasteiger partial charge in [-0.25, -0.2) is 9.18 Å². The van der Waals surface area contributed by atoms with Gasteiger partial charge in [0, 0.05) is 24.9 Å². The molecule has 1 aromatic carbocycles. The Morgan fingerprint density at radius 1 is 1.27 bits per heavy atom. The lowest BCUT2D eigenvalue weighted by molar-refractivity contribution is 0.0477. The predicted molar refractivity (Wildman–Crippen MR) is 76.7 cm³/mol. The number of piperidine rings is 1. The number of nitrogens with zero attached hydrogens (tertiary/aromatic N) is 1. The Morgan fingerprint density at radius 2 is 1.91 bits per heavy atom. The molecule has 1 aromatic rings. The molecule has 0 aliphatic carbocycles. The maximum absolute atomic E-state index is 14.2. The fourth-order valence-electron chi connectivity index (χ4n) is 3.59. The molecule has 0 radical (unpaired) electrons. The first-order valence-electron chi connectivity index (χ1n) is 7.44. The number of fused-ring (bicyclic) bond motifs is 2. The molecule has 3 rings (SSSR count). The molecule has 5 nitrogen and oxygen atoms in total. The van der Waals surface area contributed by atoms with Crippen LogP contribution in [0.5, 0.6) is 5.75 Å². The third-order valence-corrected chi connectivity index (χ3v) is 4.55. The first-order chi connectivity index (χ1) is 10.5. The van der Waals surface area contributed by atoms with Gasteiger partial charge >= 0.3 is 6.09 Å². The van der Waals surface area contributed by atoms with Crippen LogP contribution in [-0.4, -0.2) is 40.1 Å². The van der Waals surface area contributed by atoms with Crippen molar-refractivity contribution in [1.29, 1.82) is 0 Å². The van der Waals surface area contributed by atoms with Crippen LogP contribution in [0.4, 0.5) is 9.18 Å². The lowest BCUT2D eigenvalue weighted by Crippen LogP contribution is -2.48. The molecule has 22 heavy (non-hydrogen) atoms. The van der Waals surface area contributed by atoms with Crippen LogP contribution in [0.1, 0.15) is 43.0 Å². The average Bonchev–Trinajstić information content (AvgIpc) is 2.73. The van der Waals surface area contributed by atoms with Crippen molar-refractivity contribution in [3.8, 4) is 5.75 Å². The molecule has 2 bridgehead atoms. The van der Waals surface area contributed by atoms with E-state index in [1.165, 1.54) is 24.0 Å². The minimum atomic E-state index is -0.893. The van der Waals surface area contributed by atoms with Gasteiger partial charge in [-0.2, -0.15) is 0 Å². The van der Waals surface area contributed by atoms with Crippen LogP contribution in [0, 0.1) is 5.82 Å². The molecule has 2 aliphatic heterocycles. The highest BCUT2D eigenvalue weighted by atomic mass is 19.1. The number of benzene rings is 1. The Bertz CT molecular complexity index is 604. The van der Waals surface area contributed by atoms with E-state index in [-0.39, 0.29) is 35.3 Å². The van der Waals surface area contributed by atoms with Crippen molar-refractivity contribution in [2.45, 2.75) is 50.8 Å². The van der Waals surface area contributed by atoms with E-state index >= 15 is 0 Å². The van der Waals surface area contributed by atoms with Gasteiger partial charge in [-0.15, -0.1) is 0 Å². The number of carbonyl (C=O) groups is 2. The standard InChI is InChI=1S/C16H18FNO4/c1-9(19)13-3-2-4-14(15(13)17)22-12-7-10-5-6-11(8-12)18(10)16(20)21/h2-4,10-12H,5-8H2,1H3,(H,20,21). The summed E-state index contributed by atoms with van der Waals surface area (Å²) in [6, 6.07) is 4.42. The molecule has 0 spiro atoms. The van der Waals surface area contributed by atoms with Crippen LogP contribution in [0.25, 0.3) is 0 Å². The summed E-state index contributed by atoms with van der Waals surface area (Å²) in [7, 11) is 0. The van der Waals surface area contributed by atoms with Gasteiger partial charge in [-0.1, -0.05) is 6.07 Å². The van der Waals surface area contributed by atoms with E-state index in [0.29, 0.717) is 12.8 Å². The minimum absolute atomic E-state index is 0.0171. The van der Waals surface area contributed by atoms with Gasteiger partial charge in [0.25, 0.3) is 0 Å². The van der Waals surface area contributed by atoms with Gasteiger partial charge in [0.1, 0.15) is 6.10 Å². The Morgan fingerprint density at radius 3 is 2.45 bits per heavy atom. The normalized spacial score (nSPS) is 26.8. The second-order valence-electron chi connectivity index (χ2n) is 5.96. The number of Topliss-reactive ketones (excluding diaryl/α,β-unsaturated/α-hetero) is 1. The molecule has 1 amide bonds. The van der Waals surface area contributed by atoms with Crippen LogP contribution in [-0.2, 0) is 0 Å². The Labute approximate surface area is 127 Å². The predicted octanol–water partition coefficient (Wildman–Crippen LogP) is 3.08. The monoisotopic (exact) mass is 307 g/mol. The van der Waals surface area contributed by atoms with Crippen LogP contribution >= 0.6 is 0 Å². The van der Waals surface area contributed by atoms with Crippen molar-refractivity contribution in [2.75, 3.05) is 0 Å². The number of rotatable bonds is 3. The van der Waals surface area contributed by atoms with Crippen LogP contribution in [0.15, 0.2) is 18.2 Å². The number of hydrogen-bond acceptors (Lipinski definition) is 3. The zero-order valence-electron chi connectivity index (χ0n) is 12.3. The van der Waals surface area contributed by atoms with Gasteiger partial charge in [-0.3, -0.25) is 4.79 Å². The quantitative estimate of drug-likeness (QED) is 0.871. The lowest BCUT2D eigenvalue weighted by Gasteiger charge is -2.37. The molecule has 2 atom stereocenters. The van der Waals surface area contributed by atoms with E-state index < -0.39 is 11.9 Å². The second-order valence-corrected chi connectivity index (χ2v) is 5.96. The minimum Gasteiger partial charge on any atom is -0.487 e. The fourth-order valence-corrected chi connectivity index (χ4v) is 3.59. The maximum Gasteiger partial charge on any atom is 0.407 e. The molecule has 1 N–H and O–H groups in total. The zero-order valence-corrected chi connectivity index (χ0v) is 12.3. The van der Waals surface area contributed by atoms with Crippen molar-refractivity contribution in [1.82, 2.24) is 4.90 Å². The number of carboxylic acid groups (broad SMARTS) is 1. The summed E-state index contributed by atoms with van der Waals surface area (Å²) in [6.07, 6.45) is 1.67. The molecule has 2 aliphatic rings. The molecule has 2 fully saturated rings. The molecular formula is C16H18FNO4. The summed E-state index contributed by atoms with van der Waals surface area (Å²) in [6.45, 7) is 1.31. The van der Waals surface area contributed by atoms with Gasteiger partial charge in [0.2, 0.25) is 0 Å². The van der Waals surface area contributed by atoms with E-state index in [9.17, 15) is 19.1 Å². The smallest absolute Gasteiger partial charge is 0.407 e. The van der Waals surface area contributed by atoms with Crippen molar-refractivity contribution in [3.05, 3.63) is 29.6 Å².